The number of amides is 1. The maximum absolute atomic E-state index is 12.8. The Morgan fingerprint density at radius 1 is 1.31 bits per heavy atom. The van der Waals surface area contributed by atoms with Crippen LogP contribution in [0.15, 0.2) is 23.1 Å². The molecule has 2 fully saturated rings. The van der Waals surface area contributed by atoms with Gasteiger partial charge in [-0.2, -0.15) is 0 Å². The van der Waals surface area contributed by atoms with Gasteiger partial charge in [0.25, 0.3) is 5.91 Å². The zero-order valence-electron chi connectivity index (χ0n) is 16.5. The first-order chi connectivity index (χ1) is 13.8. The number of benzene rings is 1. The van der Waals surface area contributed by atoms with Crippen LogP contribution in [0.3, 0.4) is 0 Å². The van der Waals surface area contributed by atoms with E-state index in [0.29, 0.717) is 33.8 Å². The Balaban J connectivity index is 1.74. The van der Waals surface area contributed by atoms with E-state index >= 15 is 0 Å². The van der Waals surface area contributed by atoms with Crippen LogP contribution in [-0.2, 0) is 14.6 Å². The molecule has 2 aliphatic rings. The molecular weight excluding hydrogens is 430 g/mol. The summed E-state index contributed by atoms with van der Waals surface area (Å²) < 4.78 is 35.2. The van der Waals surface area contributed by atoms with Gasteiger partial charge in [-0.15, -0.1) is 0 Å². The summed E-state index contributed by atoms with van der Waals surface area (Å²) in [6.07, 6.45) is 5.42. The maximum Gasteiger partial charge on any atom is 0.266 e. The molecule has 2 aliphatic heterocycles. The smallest absolute Gasteiger partial charge is 0.266 e. The molecule has 3 rings (SSSR count). The van der Waals surface area contributed by atoms with Crippen LogP contribution < -0.4 is 9.47 Å². The summed E-state index contributed by atoms with van der Waals surface area (Å²) in [6, 6.07) is 5.15. The summed E-state index contributed by atoms with van der Waals surface area (Å²) in [6.45, 7) is 2.77. The summed E-state index contributed by atoms with van der Waals surface area (Å²) >= 11 is 6.55. The van der Waals surface area contributed by atoms with Crippen LogP contribution in [0.5, 0.6) is 11.5 Å². The zero-order valence-corrected chi connectivity index (χ0v) is 19.0. The van der Waals surface area contributed by atoms with E-state index in [1.165, 1.54) is 16.7 Å². The lowest BCUT2D eigenvalue weighted by Gasteiger charge is -2.20. The number of sulfone groups is 1. The molecule has 0 saturated carbocycles. The van der Waals surface area contributed by atoms with Gasteiger partial charge >= 0.3 is 0 Å². The molecule has 0 aliphatic carbocycles. The van der Waals surface area contributed by atoms with E-state index in [2.05, 4.69) is 6.92 Å². The van der Waals surface area contributed by atoms with Crippen molar-refractivity contribution in [1.82, 2.24) is 4.90 Å². The Kier molecular flexibility index (Phi) is 7.23. The molecule has 0 spiro atoms. The fourth-order valence-corrected chi connectivity index (χ4v) is 6.45. The second-order valence-electron chi connectivity index (χ2n) is 7.07. The fraction of sp³-hybridized carbons (Fsp3) is 0.500. The lowest BCUT2D eigenvalue weighted by Crippen LogP contribution is -2.39. The van der Waals surface area contributed by atoms with Gasteiger partial charge in [0.2, 0.25) is 0 Å². The molecule has 6 nitrogen and oxygen atoms in total. The van der Waals surface area contributed by atoms with Crippen molar-refractivity contribution in [2.45, 2.75) is 38.6 Å². The largest absolute Gasteiger partial charge is 0.493 e. The maximum atomic E-state index is 12.8. The average Bonchev–Trinajstić information content (AvgIpc) is 3.17. The minimum absolute atomic E-state index is 0.0232. The van der Waals surface area contributed by atoms with Crippen molar-refractivity contribution < 1.29 is 22.7 Å². The van der Waals surface area contributed by atoms with Gasteiger partial charge in [-0.3, -0.25) is 9.69 Å². The SMILES string of the molecule is CCCCCOc1ccc(/C=C2/SC(=S)N([C@H]3CCS(=O)(=O)C3)C2=O)cc1OC. The van der Waals surface area contributed by atoms with Crippen molar-refractivity contribution in [2.24, 2.45) is 0 Å². The predicted molar refractivity (Wildman–Crippen MR) is 120 cm³/mol. The molecule has 0 bridgehead atoms. The first kappa shape index (κ1) is 22.1. The predicted octanol–water partition coefficient (Wildman–Crippen LogP) is 3.65. The molecular formula is C20H25NO5S3. The molecule has 1 atom stereocenters. The summed E-state index contributed by atoms with van der Waals surface area (Å²) in [5, 5.41) is 0. The number of hydrogen-bond acceptors (Lipinski definition) is 7. The summed E-state index contributed by atoms with van der Waals surface area (Å²) in [4.78, 5) is 14.8. The van der Waals surface area contributed by atoms with Crippen molar-refractivity contribution >= 4 is 50.1 Å². The van der Waals surface area contributed by atoms with E-state index in [0.717, 1.165) is 24.8 Å². The molecule has 1 aromatic carbocycles. The number of unbranched alkanes of at least 4 members (excludes halogenated alkanes) is 2. The minimum atomic E-state index is -3.09. The first-order valence-electron chi connectivity index (χ1n) is 9.63. The van der Waals surface area contributed by atoms with Crippen LogP contribution in [-0.4, -0.2) is 54.8 Å². The highest BCUT2D eigenvalue weighted by Gasteiger charge is 2.42. The van der Waals surface area contributed by atoms with E-state index in [9.17, 15) is 13.2 Å². The number of nitrogens with zero attached hydrogens (tertiary/aromatic N) is 1. The van der Waals surface area contributed by atoms with Gasteiger partial charge in [0, 0.05) is 0 Å². The van der Waals surface area contributed by atoms with Gasteiger partial charge in [-0.05, 0) is 36.6 Å². The molecule has 2 heterocycles. The van der Waals surface area contributed by atoms with E-state index in [1.54, 1.807) is 13.2 Å². The molecule has 0 unspecified atom stereocenters. The molecule has 0 aromatic heterocycles. The quantitative estimate of drug-likeness (QED) is 0.336. The first-order valence-corrected chi connectivity index (χ1v) is 12.7. The van der Waals surface area contributed by atoms with Gasteiger partial charge in [0.05, 0.1) is 36.2 Å². The van der Waals surface area contributed by atoms with Crippen molar-refractivity contribution in [1.29, 1.82) is 0 Å². The molecule has 1 aromatic rings. The summed E-state index contributed by atoms with van der Waals surface area (Å²) in [5.41, 5.74) is 0.794. The standard InChI is InChI=1S/C20H25NO5S3/c1-3-4-5-9-26-16-7-6-14(11-17(16)25-2)12-18-19(22)21(20(27)28-18)15-8-10-29(23,24)13-15/h6-7,11-12,15H,3-5,8-10,13H2,1-2H3/b18-12+/t15-/m0/s1. The summed E-state index contributed by atoms with van der Waals surface area (Å²) in [5.74, 6) is 1.12. The fourth-order valence-electron chi connectivity index (χ4n) is 3.35. The average molecular weight is 456 g/mol. The van der Waals surface area contributed by atoms with E-state index < -0.39 is 9.84 Å². The van der Waals surface area contributed by atoms with Crippen LogP contribution in [0.25, 0.3) is 6.08 Å². The highest BCUT2D eigenvalue weighted by molar-refractivity contribution is 8.26. The number of thiocarbonyl (C=S) groups is 1. The number of thioether (sulfide) groups is 1. The molecule has 0 N–H and O–H groups in total. The Morgan fingerprint density at radius 2 is 2.10 bits per heavy atom. The number of rotatable bonds is 8. The van der Waals surface area contributed by atoms with Gasteiger partial charge < -0.3 is 9.47 Å². The topological polar surface area (TPSA) is 72.9 Å². The van der Waals surface area contributed by atoms with Gasteiger partial charge in [0.15, 0.2) is 21.3 Å². The molecule has 2 saturated heterocycles. The lowest BCUT2D eigenvalue weighted by molar-refractivity contribution is -0.123. The zero-order chi connectivity index (χ0) is 21.0. The third kappa shape index (κ3) is 5.32. The number of hydrogen-bond donors (Lipinski definition) is 0. The van der Waals surface area contributed by atoms with Gasteiger partial charge in [-0.1, -0.05) is 49.8 Å². The second-order valence-corrected chi connectivity index (χ2v) is 11.0. The van der Waals surface area contributed by atoms with Crippen LogP contribution in [0.2, 0.25) is 0 Å². The second kappa shape index (κ2) is 9.49. The summed E-state index contributed by atoms with van der Waals surface area (Å²) in [7, 11) is -1.51. The van der Waals surface area contributed by atoms with Crippen molar-refractivity contribution in [2.75, 3.05) is 25.2 Å². The number of carbonyl (C=O) groups is 1. The number of ether oxygens (including phenoxy) is 2. The van der Waals surface area contributed by atoms with Gasteiger partial charge in [-0.25, -0.2) is 8.42 Å². The molecule has 0 radical (unpaired) electrons. The van der Waals surface area contributed by atoms with Crippen LogP contribution in [0.4, 0.5) is 0 Å². The Bertz CT molecular complexity index is 926. The molecule has 158 valence electrons. The molecule has 29 heavy (non-hydrogen) atoms. The Hall–Kier alpha value is -1.58. The van der Waals surface area contributed by atoms with Gasteiger partial charge in [0.1, 0.15) is 4.32 Å². The third-order valence-corrected chi connectivity index (χ3v) is 7.97. The Labute approximate surface area is 181 Å². The van der Waals surface area contributed by atoms with E-state index in [-0.39, 0.29) is 23.5 Å². The van der Waals surface area contributed by atoms with E-state index in [4.69, 9.17) is 21.7 Å². The van der Waals surface area contributed by atoms with Crippen molar-refractivity contribution in [3.63, 3.8) is 0 Å². The van der Waals surface area contributed by atoms with E-state index in [1.807, 2.05) is 18.2 Å². The number of carbonyl (C=O) groups excluding carboxylic acids is 1. The Morgan fingerprint density at radius 3 is 2.76 bits per heavy atom. The normalized spacial score (nSPS) is 22.5. The number of methoxy groups -OCH3 is 1. The van der Waals surface area contributed by atoms with Crippen molar-refractivity contribution in [3.8, 4) is 11.5 Å². The highest BCUT2D eigenvalue weighted by Crippen LogP contribution is 2.37. The molecule has 9 heteroatoms. The third-order valence-electron chi connectivity index (χ3n) is 4.89. The lowest BCUT2D eigenvalue weighted by atomic mass is 10.1. The van der Waals surface area contributed by atoms with Crippen LogP contribution in [0.1, 0.15) is 38.2 Å². The minimum Gasteiger partial charge on any atom is -0.493 e. The monoisotopic (exact) mass is 455 g/mol. The van der Waals surface area contributed by atoms with Crippen LogP contribution in [0, 0.1) is 0 Å². The highest BCUT2D eigenvalue weighted by atomic mass is 32.2. The van der Waals surface area contributed by atoms with Crippen LogP contribution >= 0.6 is 24.0 Å². The molecule has 1 amide bonds. The van der Waals surface area contributed by atoms with Crippen molar-refractivity contribution in [3.05, 3.63) is 28.7 Å².